The van der Waals surface area contributed by atoms with Gasteiger partial charge in [0.2, 0.25) is 5.85 Å². The lowest BCUT2D eigenvalue weighted by molar-refractivity contribution is -0.142. The molecule has 0 saturated carbocycles. The molecule has 176 valence electrons. The zero-order valence-electron chi connectivity index (χ0n) is 18.3. The Morgan fingerprint density at radius 1 is 0.912 bits per heavy atom. The first kappa shape index (κ1) is 22.4. The molecule has 0 unspecified atom stereocenters. The molecule has 0 bridgehead atoms. The first-order valence-corrected chi connectivity index (χ1v) is 11.0. The van der Waals surface area contributed by atoms with Crippen LogP contribution in [0.4, 0.5) is 5.82 Å². The highest BCUT2D eigenvalue weighted by Gasteiger charge is 2.54. The van der Waals surface area contributed by atoms with Crippen LogP contribution in [0, 0.1) is 0 Å². The number of benzene rings is 2. The second-order valence-electron chi connectivity index (χ2n) is 8.41. The van der Waals surface area contributed by atoms with E-state index in [1.807, 2.05) is 60.7 Å². The van der Waals surface area contributed by atoms with Crippen LogP contribution in [0.1, 0.15) is 22.8 Å². The normalized spacial score (nSPS) is 24.6. The topological polar surface area (TPSA) is 166 Å². The molecule has 0 spiro atoms. The van der Waals surface area contributed by atoms with E-state index >= 15 is 0 Å². The number of nitrogens with zero attached hydrogens (tertiary/aromatic N) is 4. The van der Waals surface area contributed by atoms with Crippen molar-refractivity contribution in [2.75, 3.05) is 12.3 Å². The van der Waals surface area contributed by atoms with Crippen molar-refractivity contribution < 1.29 is 20.1 Å². The number of imidazole rings is 1. The molecular weight excluding hydrogens is 436 g/mol. The van der Waals surface area contributed by atoms with E-state index in [0.717, 1.165) is 11.1 Å². The molecule has 34 heavy (non-hydrogen) atoms. The number of rotatable bonds is 6. The molecule has 1 fully saturated rings. The van der Waals surface area contributed by atoms with Crippen molar-refractivity contribution in [1.82, 2.24) is 19.5 Å². The maximum absolute atomic E-state index is 10.9. The zero-order chi connectivity index (χ0) is 23.9. The van der Waals surface area contributed by atoms with E-state index in [0.29, 0.717) is 30.0 Å². The fraction of sp³-hybridized carbons (Fsp3) is 0.292. The highest BCUT2D eigenvalue weighted by atomic mass is 16.6. The molecule has 7 N–H and O–H groups in total. The molecule has 5 rings (SSSR count). The molecule has 2 aromatic carbocycles. The van der Waals surface area contributed by atoms with Gasteiger partial charge in [-0.15, -0.1) is 0 Å². The third-order valence-electron chi connectivity index (χ3n) is 6.06. The first-order valence-electron chi connectivity index (χ1n) is 11.0. The van der Waals surface area contributed by atoms with Gasteiger partial charge in [0.25, 0.3) is 0 Å². The van der Waals surface area contributed by atoms with Crippen LogP contribution < -0.4 is 11.5 Å². The van der Waals surface area contributed by atoms with Gasteiger partial charge in [-0.05, 0) is 11.1 Å². The van der Waals surface area contributed by atoms with E-state index in [1.54, 1.807) is 0 Å². The molecule has 3 heterocycles. The maximum Gasteiger partial charge on any atom is 0.232 e. The second kappa shape index (κ2) is 8.75. The van der Waals surface area contributed by atoms with Crippen LogP contribution in [0.15, 0.2) is 60.7 Å². The Morgan fingerprint density at radius 2 is 1.53 bits per heavy atom. The van der Waals surface area contributed by atoms with Crippen molar-refractivity contribution in [3.8, 4) is 0 Å². The van der Waals surface area contributed by atoms with Crippen LogP contribution in [-0.2, 0) is 23.4 Å². The molecule has 0 radical (unpaired) electrons. The third-order valence-corrected chi connectivity index (χ3v) is 6.06. The summed E-state index contributed by atoms with van der Waals surface area (Å²) in [6.45, 7) is -0.520. The maximum atomic E-state index is 10.9. The monoisotopic (exact) mass is 462 g/mol. The van der Waals surface area contributed by atoms with Gasteiger partial charge in [-0.2, -0.15) is 0 Å². The van der Waals surface area contributed by atoms with Crippen LogP contribution in [0.5, 0.6) is 0 Å². The molecule has 0 amide bonds. The van der Waals surface area contributed by atoms with Gasteiger partial charge in [-0.1, -0.05) is 60.7 Å². The number of fused-ring (bicyclic) bond motifs is 1. The average Bonchev–Trinajstić information content (AvgIpc) is 3.31. The smallest absolute Gasteiger partial charge is 0.232 e. The standard InChI is InChI=1S/C24H26N6O4/c25-22-19-23(28-17(27-22)11-14-7-3-1-4-8-14)30(18(29-19)12-15-9-5-2-6-10-15)24(26)21(33)20(32)16(13-31)34-24/h1-10,16,20-21,31-33H,11-13,26H2,(H2,25,27,28)/t16-,20-,21-,24+/m1/s1. The number of nitrogen functional groups attached to an aromatic ring is 1. The van der Waals surface area contributed by atoms with E-state index in [9.17, 15) is 15.3 Å². The summed E-state index contributed by atoms with van der Waals surface area (Å²) < 4.78 is 7.26. The van der Waals surface area contributed by atoms with Crippen LogP contribution in [0.3, 0.4) is 0 Å². The average molecular weight is 463 g/mol. The number of hydrogen-bond acceptors (Lipinski definition) is 9. The number of aliphatic hydroxyl groups excluding tert-OH is 3. The van der Waals surface area contributed by atoms with Crippen LogP contribution in [0.2, 0.25) is 0 Å². The number of nitrogens with two attached hydrogens (primary N) is 2. The molecule has 2 aromatic heterocycles. The Bertz CT molecular complexity index is 1300. The molecule has 1 saturated heterocycles. The number of anilines is 1. The minimum absolute atomic E-state index is 0.166. The van der Waals surface area contributed by atoms with Crippen molar-refractivity contribution >= 4 is 17.0 Å². The molecule has 10 nitrogen and oxygen atoms in total. The van der Waals surface area contributed by atoms with Crippen LogP contribution in [-0.4, -0.2) is 59.8 Å². The Labute approximate surface area is 195 Å². The van der Waals surface area contributed by atoms with Crippen LogP contribution >= 0.6 is 0 Å². The Hall–Kier alpha value is -3.41. The van der Waals surface area contributed by atoms with Gasteiger partial charge >= 0.3 is 0 Å². The lowest BCUT2D eigenvalue weighted by atomic mass is 10.1. The summed E-state index contributed by atoms with van der Waals surface area (Å²) in [6.07, 6.45) is -3.28. The fourth-order valence-corrected chi connectivity index (χ4v) is 4.35. The van der Waals surface area contributed by atoms with E-state index in [2.05, 4.69) is 15.0 Å². The predicted octanol–water partition coefficient (Wildman–Crippen LogP) is 0.272. The number of hydrogen-bond donors (Lipinski definition) is 5. The Balaban J connectivity index is 1.68. The lowest BCUT2D eigenvalue weighted by Gasteiger charge is -2.30. The predicted molar refractivity (Wildman–Crippen MR) is 124 cm³/mol. The molecule has 4 aromatic rings. The van der Waals surface area contributed by atoms with Crippen molar-refractivity contribution in [2.24, 2.45) is 5.73 Å². The summed E-state index contributed by atoms with van der Waals surface area (Å²) in [5.74, 6) is -0.902. The lowest BCUT2D eigenvalue weighted by Crippen LogP contribution is -2.53. The minimum atomic E-state index is -1.93. The first-order chi connectivity index (χ1) is 16.4. The van der Waals surface area contributed by atoms with Crippen molar-refractivity contribution in [2.45, 2.75) is 37.0 Å². The molecular formula is C24H26N6O4. The molecule has 0 aliphatic carbocycles. The Kier molecular flexibility index (Phi) is 5.76. The number of aliphatic hydroxyl groups is 3. The summed E-state index contributed by atoms with van der Waals surface area (Å²) in [4.78, 5) is 13.8. The highest BCUT2D eigenvalue weighted by Crippen LogP contribution is 2.36. The summed E-state index contributed by atoms with van der Waals surface area (Å²) in [6, 6.07) is 19.3. The van der Waals surface area contributed by atoms with Gasteiger partial charge in [-0.3, -0.25) is 10.3 Å². The minimum Gasteiger partial charge on any atom is -0.394 e. The summed E-state index contributed by atoms with van der Waals surface area (Å²) >= 11 is 0. The third kappa shape index (κ3) is 3.81. The summed E-state index contributed by atoms with van der Waals surface area (Å²) in [5.41, 5.74) is 15.4. The van der Waals surface area contributed by atoms with E-state index in [4.69, 9.17) is 16.2 Å². The van der Waals surface area contributed by atoms with E-state index < -0.39 is 30.8 Å². The SMILES string of the molecule is Nc1nc(Cc2ccccc2)nc2c1nc(Cc1ccccc1)n2[C@]1(N)O[C@H](CO)[C@@H](O)[C@H]1O. The van der Waals surface area contributed by atoms with Gasteiger partial charge < -0.3 is 25.8 Å². The van der Waals surface area contributed by atoms with Crippen molar-refractivity contribution in [1.29, 1.82) is 0 Å². The second-order valence-corrected chi connectivity index (χ2v) is 8.41. The molecule has 10 heteroatoms. The van der Waals surface area contributed by atoms with Crippen molar-refractivity contribution in [3.05, 3.63) is 83.4 Å². The zero-order valence-corrected chi connectivity index (χ0v) is 18.3. The van der Waals surface area contributed by atoms with Gasteiger partial charge in [0.05, 0.1) is 6.61 Å². The van der Waals surface area contributed by atoms with E-state index in [1.165, 1.54) is 4.57 Å². The largest absolute Gasteiger partial charge is 0.394 e. The van der Waals surface area contributed by atoms with Gasteiger partial charge in [0, 0.05) is 12.8 Å². The van der Waals surface area contributed by atoms with Gasteiger partial charge in [-0.25, -0.2) is 15.0 Å². The number of aromatic nitrogens is 4. The Morgan fingerprint density at radius 3 is 2.12 bits per heavy atom. The fourth-order valence-electron chi connectivity index (χ4n) is 4.35. The van der Waals surface area contributed by atoms with Crippen molar-refractivity contribution in [3.63, 3.8) is 0 Å². The van der Waals surface area contributed by atoms with Crippen LogP contribution in [0.25, 0.3) is 11.2 Å². The number of ether oxygens (including phenoxy) is 1. The molecule has 1 aliphatic heterocycles. The molecule has 1 aliphatic rings. The molecule has 4 atom stereocenters. The summed E-state index contributed by atoms with van der Waals surface area (Å²) in [7, 11) is 0. The summed E-state index contributed by atoms with van der Waals surface area (Å²) in [5, 5.41) is 31.0. The van der Waals surface area contributed by atoms with Gasteiger partial charge in [0.15, 0.2) is 17.0 Å². The van der Waals surface area contributed by atoms with Gasteiger partial charge in [0.1, 0.15) is 30.0 Å². The highest BCUT2D eigenvalue weighted by molar-refractivity contribution is 5.82. The quantitative estimate of drug-likeness (QED) is 0.270. The van der Waals surface area contributed by atoms with E-state index in [-0.39, 0.29) is 11.5 Å².